The molecule has 0 aliphatic rings. The molecule has 0 bridgehead atoms. The number of carboxylic acids is 1. The molecular weight excluding hydrogens is 246 g/mol. The van der Waals surface area contributed by atoms with Crippen molar-refractivity contribution in [3.8, 4) is 0 Å². The van der Waals surface area contributed by atoms with Crippen molar-refractivity contribution in [3.63, 3.8) is 0 Å². The Labute approximate surface area is 112 Å². The van der Waals surface area contributed by atoms with Crippen LogP contribution in [0.4, 0.5) is 0 Å². The van der Waals surface area contributed by atoms with Gasteiger partial charge >= 0.3 is 5.97 Å². The maximum absolute atomic E-state index is 11.6. The van der Waals surface area contributed by atoms with Crippen molar-refractivity contribution in [1.82, 2.24) is 5.32 Å². The van der Waals surface area contributed by atoms with Gasteiger partial charge in [-0.25, -0.2) is 4.79 Å². The molecule has 5 nitrogen and oxygen atoms in total. The monoisotopic (exact) mass is 265 g/mol. The number of hydrogen-bond acceptors (Lipinski definition) is 3. The Morgan fingerprint density at radius 2 is 1.95 bits per heavy atom. The van der Waals surface area contributed by atoms with Crippen LogP contribution in [-0.4, -0.2) is 30.7 Å². The number of methoxy groups -OCH3 is 1. The molecule has 0 aromatic heterocycles. The minimum absolute atomic E-state index is 0.0353. The van der Waals surface area contributed by atoms with Gasteiger partial charge in [-0.15, -0.1) is 0 Å². The molecule has 1 atom stereocenters. The highest BCUT2D eigenvalue weighted by Crippen LogP contribution is 2.05. The SMILES string of the molecule is COCC(C)CC(=O)NCc1ccc(C(=O)O)cc1. The molecule has 0 aliphatic carbocycles. The van der Waals surface area contributed by atoms with E-state index in [-0.39, 0.29) is 17.4 Å². The number of rotatable bonds is 7. The van der Waals surface area contributed by atoms with E-state index in [4.69, 9.17) is 9.84 Å². The standard InChI is InChI=1S/C14H19NO4/c1-10(9-19-2)7-13(16)15-8-11-3-5-12(6-4-11)14(17)18/h3-6,10H,7-9H2,1-2H3,(H,15,16)(H,17,18). The minimum Gasteiger partial charge on any atom is -0.478 e. The van der Waals surface area contributed by atoms with Crippen molar-refractivity contribution >= 4 is 11.9 Å². The third-order valence-corrected chi connectivity index (χ3v) is 2.68. The highest BCUT2D eigenvalue weighted by molar-refractivity contribution is 5.87. The number of hydrogen-bond donors (Lipinski definition) is 2. The zero-order valence-corrected chi connectivity index (χ0v) is 11.2. The van der Waals surface area contributed by atoms with E-state index >= 15 is 0 Å². The van der Waals surface area contributed by atoms with Crippen LogP contribution in [0.2, 0.25) is 0 Å². The summed E-state index contributed by atoms with van der Waals surface area (Å²) in [7, 11) is 1.61. The molecule has 104 valence electrons. The Kier molecular flexibility index (Phi) is 6.02. The minimum atomic E-state index is -0.955. The number of amides is 1. The molecule has 0 heterocycles. The maximum atomic E-state index is 11.6. The number of aromatic carboxylic acids is 1. The Morgan fingerprint density at radius 3 is 2.47 bits per heavy atom. The smallest absolute Gasteiger partial charge is 0.335 e. The van der Waals surface area contributed by atoms with Gasteiger partial charge in [0.1, 0.15) is 0 Å². The van der Waals surface area contributed by atoms with Gasteiger partial charge < -0.3 is 15.2 Å². The van der Waals surface area contributed by atoms with Gasteiger partial charge in [0.15, 0.2) is 0 Å². The summed E-state index contributed by atoms with van der Waals surface area (Å²) in [5.74, 6) is -0.810. The fourth-order valence-corrected chi connectivity index (χ4v) is 1.70. The summed E-state index contributed by atoms with van der Waals surface area (Å²) in [5.41, 5.74) is 1.11. The van der Waals surface area contributed by atoms with Crippen molar-refractivity contribution in [2.75, 3.05) is 13.7 Å². The highest BCUT2D eigenvalue weighted by atomic mass is 16.5. The van der Waals surface area contributed by atoms with Crippen LogP contribution in [0.5, 0.6) is 0 Å². The van der Waals surface area contributed by atoms with E-state index in [1.165, 1.54) is 12.1 Å². The number of carbonyl (C=O) groups excluding carboxylic acids is 1. The summed E-state index contributed by atoms with van der Waals surface area (Å²) in [5, 5.41) is 11.6. The van der Waals surface area contributed by atoms with Crippen LogP contribution in [-0.2, 0) is 16.1 Å². The zero-order chi connectivity index (χ0) is 14.3. The van der Waals surface area contributed by atoms with Gasteiger partial charge in [-0.05, 0) is 23.6 Å². The van der Waals surface area contributed by atoms with Gasteiger partial charge in [-0.2, -0.15) is 0 Å². The highest BCUT2D eigenvalue weighted by Gasteiger charge is 2.08. The van der Waals surface area contributed by atoms with Crippen molar-refractivity contribution in [1.29, 1.82) is 0 Å². The number of carboxylic acid groups (broad SMARTS) is 1. The summed E-state index contributed by atoms with van der Waals surface area (Å²) in [6, 6.07) is 6.44. The number of carbonyl (C=O) groups is 2. The first-order chi connectivity index (χ1) is 9.02. The predicted octanol–water partition coefficient (Wildman–Crippen LogP) is 1.67. The first kappa shape index (κ1) is 15.2. The summed E-state index contributed by atoms with van der Waals surface area (Å²) in [6.45, 7) is 2.91. The molecule has 0 fully saturated rings. The van der Waals surface area contributed by atoms with E-state index in [0.29, 0.717) is 19.6 Å². The molecule has 5 heteroatoms. The van der Waals surface area contributed by atoms with Crippen LogP contribution in [0.3, 0.4) is 0 Å². The van der Waals surface area contributed by atoms with Crippen LogP contribution in [0.15, 0.2) is 24.3 Å². The van der Waals surface area contributed by atoms with Crippen LogP contribution in [0.1, 0.15) is 29.3 Å². The Morgan fingerprint density at radius 1 is 1.32 bits per heavy atom. The van der Waals surface area contributed by atoms with Crippen LogP contribution >= 0.6 is 0 Å². The van der Waals surface area contributed by atoms with Gasteiger partial charge in [0.2, 0.25) is 5.91 Å². The molecule has 1 amide bonds. The number of ether oxygens (including phenoxy) is 1. The van der Waals surface area contributed by atoms with E-state index in [9.17, 15) is 9.59 Å². The lowest BCUT2D eigenvalue weighted by molar-refractivity contribution is -0.122. The molecule has 2 N–H and O–H groups in total. The van der Waals surface area contributed by atoms with E-state index in [1.54, 1.807) is 19.2 Å². The fourth-order valence-electron chi connectivity index (χ4n) is 1.70. The van der Waals surface area contributed by atoms with E-state index in [1.807, 2.05) is 6.92 Å². The zero-order valence-electron chi connectivity index (χ0n) is 11.2. The molecular formula is C14H19NO4. The molecule has 0 radical (unpaired) electrons. The number of nitrogens with one attached hydrogen (secondary N) is 1. The largest absolute Gasteiger partial charge is 0.478 e. The summed E-state index contributed by atoms with van der Waals surface area (Å²) >= 11 is 0. The van der Waals surface area contributed by atoms with Gasteiger partial charge in [0.05, 0.1) is 5.56 Å². The summed E-state index contributed by atoms with van der Waals surface area (Å²) in [6.07, 6.45) is 0.418. The third kappa shape index (κ3) is 5.52. The van der Waals surface area contributed by atoms with Gasteiger partial charge in [-0.1, -0.05) is 19.1 Å². The van der Waals surface area contributed by atoms with E-state index in [2.05, 4.69) is 5.32 Å². The Balaban J connectivity index is 2.39. The van der Waals surface area contributed by atoms with Crippen molar-refractivity contribution < 1.29 is 19.4 Å². The van der Waals surface area contributed by atoms with Gasteiger partial charge in [0, 0.05) is 26.7 Å². The molecule has 0 saturated carbocycles. The average Bonchev–Trinajstić information content (AvgIpc) is 2.37. The Hall–Kier alpha value is -1.88. The number of benzene rings is 1. The molecule has 0 saturated heterocycles. The van der Waals surface area contributed by atoms with Gasteiger partial charge in [-0.3, -0.25) is 4.79 Å². The molecule has 0 spiro atoms. The second-order valence-electron chi connectivity index (χ2n) is 4.54. The second-order valence-corrected chi connectivity index (χ2v) is 4.54. The van der Waals surface area contributed by atoms with E-state index in [0.717, 1.165) is 5.56 Å². The first-order valence-electron chi connectivity index (χ1n) is 6.10. The lowest BCUT2D eigenvalue weighted by atomic mass is 10.1. The topological polar surface area (TPSA) is 75.6 Å². The second kappa shape index (κ2) is 7.53. The van der Waals surface area contributed by atoms with Crippen molar-refractivity contribution in [2.24, 2.45) is 5.92 Å². The average molecular weight is 265 g/mol. The molecule has 1 aromatic rings. The normalized spacial score (nSPS) is 11.9. The lowest BCUT2D eigenvalue weighted by Crippen LogP contribution is -2.25. The van der Waals surface area contributed by atoms with Crippen molar-refractivity contribution in [3.05, 3.63) is 35.4 Å². The van der Waals surface area contributed by atoms with Gasteiger partial charge in [0.25, 0.3) is 0 Å². The molecule has 19 heavy (non-hydrogen) atoms. The van der Waals surface area contributed by atoms with Crippen molar-refractivity contribution in [2.45, 2.75) is 19.9 Å². The third-order valence-electron chi connectivity index (χ3n) is 2.68. The van der Waals surface area contributed by atoms with E-state index < -0.39 is 5.97 Å². The predicted molar refractivity (Wildman–Crippen MR) is 70.9 cm³/mol. The van der Waals surface area contributed by atoms with Crippen LogP contribution in [0.25, 0.3) is 0 Å². The van der Waals surface area contributed by atoms with Crippen LogP contribution in [0, 0.1) is 5.92 Å². The quantitative estimate of drug-likeness (QED) is 0.786. The lowest BCUT2D eigenvalue weighted by Gasteiger charge is -2.10. The first-order valence-corrected chi connectivity index (χ1v) is 6.10. The fraction of sp³-hybridized carbons (Fsp3) is 0.429. The molecule has 1 unspecified atom stereocenters. The molecule has 0 aliphatic heterocycles. The maximum Gasteiger partial charge on any atom is 0.335 e. The summed E-state index contributed by atoms with van der Waals surface area (Å²) in [4.78, 5) is 22.3. The molecule has 1 rings (SSSR count). The Bertz CT molecular complexity index is 428. The molecule has 1 aromatic carbocycles. The summed E-state index contributed by atoms with van der Waals surface area (Å²) < 4.78 is 4.97. The van der Waals surface area contributed by atoms with Crippen LogP contribution < -0.4 is 5.32 Å².